The number of amides is 1. The fourth-order valence-corrected chi connectivity index (χ4v) is 3.93. The van der Waals surface area contributed by atoms with Crippen molar-refractivity contribution in [2.45, 2.75) is 5.75 Å². The van der Waals surface area contributed by atoms with Crippen molar-refractivity contribution in [1.82, 2.24) is 0 Å². The highest BCUT2D eigenvalue weighted by atomic mass is 79.9. The molecule has 10 heteroatoms. The minimum atomic E-state index is -3.72. The van der Waals surface area contributed by atoms with Crippen LogP contribution in [-0.2, 0) is 20.4 Å². The molecule has 0 spiro atoms. The van der Waals surface area contributed by atoms with Crippen LogP contribution in [0.4, 0.5) is 11.4 Å². The Morgan fingerprint density at radius 1 is 1.27 bits per heavy atom. The summed E-state index contributed by atoms with van der Waals surface area (Å²) in [5, 5.41) is 13.2. The van der Waals surface area contributed by atoms with Crippen LogP contribution in [0.25, 0.3) is 0 Å². The number of nitrogens with zero attached hydrogens (tertiary/aromatic N) is 1. The normalized spacial score (nSPS) is 11.0. The number of rotatable bonds is 7. The summed E-state index contributed by atoms with van der Waals surface area (Å²) >= 11 is 3.26. The van der Waals surface area contributed by atoms with Crippen molar-refractivity contribution in [3.8, 4) is 5.75 Å². The first-order valence-corrected chi connectivity index (χ1v) is 9.89. The SMILES string of the molecule is COc1ccc([N+](=O)[O-])cc1NC(=O)CS(=O)(=O)Cc1cccc(Br)c1. The van der Waals surface area contributed by atoms with E-state index in [2.05, 4.69) is 21.2 Å². The average Bonchev–Trinajstić information content (AvgIpc) is 2.53. The molecule has 1 N–H and O–H groups in total. The lowest BCUT2D eigenvalue weighted by Gasteiger charge is -2.10. The number of non-ortho nitro benzene ring substituents is 1. The van der Waals surface area contributed by atoms with E-state index in [4.69, 9.17) is 4.74 Å². The summed E-state index contributed by atoms with van der Waals surface area (Å²) in [6.45, 7) is 0. The molecule has 0 unspecified atom stereocenters. The highest BCUT2D eigenvalue weighted by molar-refractivity contribution is 9.10. The second kappa shape index (κ2) is 8.28. The summed E-state index contributed by atoms with van der Waals surface area (Å²) in [5.74, 6) is -1.68. The molecule has 0 aromatic heterocycles. The molecule has 0 atom stereocenters. The number of hydrogen-bond donors (Lipinski definition) is 1. The Kier molecular flexibility index (Phi) is 6.32. The number of methoxy groups -OCH3 is 1. The van der Waals surface area contributed by atoms with Crippen LogP contribution in [0.1, 0.15) is 5.56 Å². The molecule has 2 aromatic rings. The predicted octanol–water partition coefficient (Wildman–Crippen LogP) is 2.92. The number of anilines is 1. The second-order valence-electron chi connectivity index (χ2n) is 5.35. The molecule has 0 aliphatic heterocycles. The molecule has 26 heavy (non-hydrogen) atoms. The zero-order chi connectivity index (χ0) is 19.3. The molecular weight excluding hydrogens is 428 g/mol. The Labute approximate surface area is 158 Å². The van der Waals surface area contributed by atoms with Crippen LogP contribution >= 0.6 is 15.9 Å². The van der Waals surface area contributed by atoms with Gasteiger partial charge in [0.2, 0.25) is 5.91 Å². The van der Waals surface area contributed by atoms with E-state index in [1.54, 1.807) is 24.3 Å². The third-order valence-corrected chi connectivity index (χ3v) is 5.26. The van der Waals surface area contributed by atoms with Crippen LogP contribution in [0.5, 0.6) is 5.75 Å². The Morgan fingerprint density at radius 3 is 2.62 bits per heavy atom. The predicted molar refractivity (Wildman–Crippen MR) is 99.9 cm³/mol. The van der Waals surface area contributed by atoms with Gasteiger partial charge in [-0.1, -0.05) is 28.1 Å². The van der Waals surface area contributed by atoms with Crippen molar-refractivity contribution in [2.24, 2.45) is 0 Å². The maximum atomic E-state index is 12.2. The van der Waals surface area contributed by atoms with Gasteiger partial charge in [-0.3, -0.25) is 14.9 Å². The average molecular weight is 443 g/mol. The summed E-state index contributed by atoms with van der Waals surface area (Å²) in [4.78, 5) is 22.3. The van der Waals surface area contributed by atoms with Gasteiger partial charge < -0.3 is 10.1 Å². The lowest BCUT2D eigenvalue weighted by Crippen LogP contribution is -2.24. The Balaban J connectivity index is 2.12. The number of carbonyl (C=O) groups excluding carboxylic acids is 1. The molecule has 8 nitrogen and oxygen atoms in total. The van der Waals surface area contributed by atoms with Crippen molar-refractivity contribution < 1.29 is 22.9 Å². The zero-order valence-electron chi connectivity index (χ0n) is 13.6. The van der Waals surface area contributed by atoms with Gasteiger partial charge in [-0.05, 0) is 23.8 Å². The summed E-state index contributed by atoms with van der Waals surface area (Å²) in [6.07, 6.45) is 0. The van der Waals surface area contributed by atoms with Gasteiger partial charge in [0, 0.05) is 16.6 Å². The van der Waals surface area contributed by atoms with Gasteiger partial charge in [-0.2, -0.15) is 0 Å². The lowest BCUT2D eigenvalue weighted by molar-refractivity contribution is -0.384. The fourth-order valence-electron chi connectivity index (χ4n) is 2.22. The van der Waals surface area contributed by atoms with E-state index in [1.807, 2.05) is 0 Å². The number of nitrogens with one attached hydrogen (secondary N) is 1. The van der Waals surface area contributed by atoms with E-state index in [-0.39, 0.29) is 22.9 Å². The Bertz CT molecular complexity index is 946. The van der Waals surface area contributed by atoms with Crippen molar-refractivity contribution in [3.05, 3.63) is 62.6 Å². The van der Waals surface area contributed by atoms with Crippen LogP contribution in [-0.4, -0.2) is 32.1 Å². The van der Waals surface area contributed by atoms with E-state index in [0.717, 1.165) is 10.5 Å². The van der Waals surface area contributed by atoms with Gasteiger partial charge in [0.05, 0.1) is 23.5 Å². The highest BCUT2D eigenvalue weighted by Crippen LogP contribution is 2.28. The first-order chi connectivity index (χ1) is 12.2. The van der Waals surface area contributed by atoms with Crippen molar-refractivity contribution in [3.63, 3.8) is 0 Å². The monoisotopic (exact) mass is 442 g/mol. The number of ether oxygens (including phenoxy) is 1. The third-order valence-electron chi connectivity index (χ3n) is 3.29. The first kappa shape index (κ1) is 19.9. The van der Waals surface area contributed by atoms with E-state index in [1.165, 1.54) is 19.2 Å². The van der Waals surface area contributed by atoms with Gasteiger partial charge >= 0.3 is 0 Å². The van der Waals surface area contributed by atoms with Gasteiger partial charge in [0.1, 0.15) is 11.5 Å². The van der Waals surface area contributed by atoms with E-state index < -0.39 is 26.4 Å². The van der Waals surface area contributed by atoms with E-state index in [9.17, 15) is 23.3 Å². The molecule has 1 amide bonds. The van der Waals surface area contributed by atoms with Crippen molar-refractivity contribution in [1.29, 1.82) is 0 Å². The first-order valence-electron chi connectivity index (χ1n) is 7.27. The number of nitro benzene ring substituents is 1. The number of sulfone groups is 1. The standard InChI is InChI=1S/C16H15BrN2O6S/c1-25-15-6-5-13(19(21)22)8-14(15)18-16(20)10-26(23,24)9-11-3-2-4-12(17)7-11/h2-8H,9-10H2,1H3,(H,18,20). The molecule has 0 saturated carbocycles. The number of carbonyl (C=O) groups is 1. The summed E-state index contributed by atoms with van der Waals surface area (Å²) in [5.41, 5.74) is 0.322. The summed E-state index contributed by atoms with van der Waals surface area (Å²) in [7, 11) is -2.39. The van der Waals surface area contributed by atoms with E-state index >= 15 is 0 Å². The summed E-state index contributed by atoms with van der Waals surface area (Å²) in [6, 6.07) is 10.4. The number of benzene rings is 2. The third kappa shape index (κ3) is 5.53. The molecule has 138 valence electrons. The number of hydrogen-bond acceptors (Lipinski definition) is 6. The Hall–Kier alpha value is -2.46. The van der Waals surface area contributed by atoms with Crippen LogP contribution < -0.4 is 10.1 Å². The molecule has 0 aliphatic carbocycles. The molecule has 0 aliphatic rings. The smallest absolute Gasteiger partial charge is 0.271 e. The quantitative estimate of drug-likeness (QED) is 0.520. The number of halogens is 1. The molecule has 2 rings (SSSR count). The van der Waals surface area contributed by atoms with Crippen molar-refractivity contribution in [2.75, 3.05) is 18.2 Å². The van der Waals surface area contributed by atoms with Crippen LogP contribution in [0.2, 0.25) is 0 Å². The topological polar surface area (TPSA) is 116 Å². The molecule has 2 aromatic carbocycles. The van der Waals surface area contributed by atoms with Gasteiger partial charge in [0.15, 0.2) is 9.84 Å². The minimum Gasteiger partial charge on any atom is -0.495 e. The zero-order valence-corrected chi connectivity index (χ0v) is 16.0. The van der Waals surface area contributed by atoms with Gasteiger partial charge in [0.25, 0.3) is 5.69 Å². The molecular formula is C16H15BrN2O6S. The Morgan fingerprint density at radius 2 is 2.00 bits per heavy atom. The molecule has 0 radical (unpaired) electrons. The minimum absolute atomic E-state index is 0.0318. The molecule has 0 fully saturated rings. The highest BCUT2D eigenvalue weighted by Gasteiger charge is 2.20. The fraction of sp³-hybridized carbons (Fsp3) is 0.188. The largest absolute Gasteiger partial charge is 0.495 e. The maximum absolute atomic E-state index is 12.2. The van der Waals surface area contributed by atoms with Gasteiger partial charge in [-0.15, -0.1) is 0 Å². The lowest BCUT2D eigenvalue weighted by atomic mass is 10.2. The second-order valence-corrected chi connectivity index (χ2v) is 8.33. The summed E-state index contributed by atoms with van der Waals surface area (Å²) < 4.78 is 30.2. The van der Waals surface area contributed by atoms with Crippen LogP contribution in [0, 0.1) is 10.1 Å². The van der Waals surface area contributed by atoms with E-state index in [0.29, 0.717) is 5.56 Å². The maximum Gasteiger partial charge on any atom is 0.271 e. The molecule has 0 bridgehead atoms. The van der Waals surface area contributed by atoms with Gasteiger partial charge in [-0.25, -0.2) is 8.42 Å². The molecule has 0 saturated heterocycles. The number of nitro groups is 1. The van der Waals surface area contributed by atoms with Crippen LogP contribution in [0.15, 0.2) is 46.9 Å². The van der Waals surface area contributed by atoms with Crippen LogP contribution in [0.3, 0.4) is 0 Å². The molecule has 0 heterocycles. The van der Waals surface area contributed by atoms with Crippen molar-refractivity contribution >= 4 is 43.0 Å².